The first-order valence-electron chi connectivity index (χ1n) is 4.20. The number of nitrogens with two attached hydrogens (primary N) is 1. The smallest absolute Gasteiger partial charge is 0.200 e. The van der Waals surface area contributed by atoms with Gasteiger partial charge < -0.3 is 10.3 Å². The minimum absolute atomic E-state index is 0.317. The van der Waals surface area contributed by atoms with Crippen molar-refractivity contribution in [1.82, 2.24) is 9.55 Å². The maximum Gasteiger partial charge on any atom is 0.200 e. The number of imidazole rings is 1. The summed E-state index contributed by atoms with van der Waals surface area (Å²) in [6.07, 6.45) is 4.44. The maximum atomic E-state index is 11.4. The molecular weight excluding hydrogens is 202 g/mol. The minimum atomic E-state index is -3.10. The van der Waals surface area contributed by atoms with Crippen molar-refractivity contribution in [1.29, 1.82) is 0 Å². The molecule has 1 aromatic rings. The third-order valence-electron chi connectivity index (χ3n) is 2.30. The zero-order valence-electron chi connectivity index (χ0n) is 8.56. The van der Waals surface area contributed by atoms with Gasteiger partial charge >= 0.3 is 0 Å². The van der Waals surface area contributed by atoms with Crippen LogP contribution in [-0.4, -0.2) is 29.0 Å². The molecule has 1 heterocycles. The standard InChI is InChI=1S/C8H15N3O2S/c1-8(2,14(3,12)13)6-11-5-4-10-7(11)9/h4-5H,6H2,1-3H3,(H2,9,10). The average Bonchev–Trinajstić information content (AvgIpc) is 2.33. The fourth-order valence-electron chi connectivity index (χ4n) is 1.00. The first-order valence-corrected chi connectivity index (χ1v) is 6.09. The summed E-state index contributed by atoms with van der Waals surface area (Å²) in [5.41, 5.74) is 5.55. The van der Waals surface area contributed by atoms with Crippen LogP contribution in [0.3, 0.4) is 0 Å². The lowest BCUT2D eigenvalue weighted by Crippen LogP contribution is -2.35. The largest absolute Gasteiger partial charge is 0.369 e. The van der Waals surface area contributed by atoms with Gasteiger partial charge in [0.2, 0.25) is 0 Å². The van der Waals surface area contributed by atoms with Gasteiger partial charge in [0.15, 0.2) is 15.8 Å². The Labute approximate surface area is 83.9 Å². The van der Waals surface area contributed by atoms with E-state index in [-0.39, 0.29) is 0 Å². The molecule has 5 nitrogen and oxygen atoms in total. The number of hydrogen-bond acceptors (Lipinski definition) is 4. The van der Waals surface area contributed by atoms with Crippen molar-refractivity contribution in [3.63, 3.8) is 0 Å². The Hall–Kier alpha value is -1.04. The first kappa shape index (κ1) is 11.0. The molecule has 0 aliphatic rings. The monoisotopic (exact) mass is 217 g/mol. The molecule has 0 radical (unpaired) electrons. The van der Waals surface area contributed by atoms with Gasteiger partial charge in [0.1, 0.15) is 0 Å². The van der Waals surface area contributed by atoms with Crippen LogP contribution < -0.4 is 5.73 Å². The molecule has 14 heavy (non-hydrogen) atoms. The summed E-state index contributed by atoms with van der Waals surface area (Å²) in [4.78, 5) is 3.83. The number of nitrogens with zero attached hydrogens (tertiary/aromatic N) is 2. The van der Waals surface area contributed by atoms with E-state index in [1.807, 2.05) is 0 Å². The highest BCUT2D eigenvalue weighted by Crippen LogP contribution is 2.18. The van der Waals surface area contributed by atoms with E-state index < -0.39 is 14.6 Å². The predicted molar refractivity (Wildman–Crippen MR) is 55.6 cm³/mol. The molecule has 2 N–H and O–H groups in total. The number of hydrogen-bond donors (Lipinski definition) is 1. The van der Waals surface area contributed by atoms with Crippen molar-refractivity contribution in [3.05, 3.63) is 12.4 Å². The molecule has 0 unspecified atom stereocenters. The van der Waals surface area contributed by atoms with Gasteiger partial charge in [0, 0.05) is 25.2 Å². The highest BCUT2D eigenvalue weighted by molar-refractivity contribution is 7.92. The van der Waals surface area contributed by atoms with E-state index in [1.54, 1.807) is 30.8 Å². The second kappa shape index (κ2) is 3.27. The highest BCUT2D eigenvalue weighted by atomic mass is 32.2. The van der Waals surface area contributed by atoms with Crippen molar-refractivity contribution >= 4 is 15.8 Å². The van der Waals surface area contributed by atoms with Crippen LogP contribution in [0.4, 0.5) is 5.95 Å². The topological polar surface area (TPSA) is 78.0 Å². The second-order valence-electron chi connectivity index (χ2n) is 3.95. The van der Waals surface area contributed by atoms with Crippen LogP contribution in [0.15, 0.2) is 12.4 Å². The summed E-state index contributed by atoms with van der Waals surface area (Å²) >= 11 is 0. The van der Waals surface area contributed by atoms with E-state index in [2.05, 4.69) is 4.98 Å². The normalized spacial score (nSPS) is 13.1. The Morgan fingerprint density at radius 3 is 2.50 bits per heavy atom. The van der Waals surface area contributed by atoms with Crippen molar-refractivity contribution in [2.75, 3.05) is 12.0 Å². The molecule has 1 rings (SSSR count). The van der Waals surface area contributed by atoms with Crippen LogP contribution in [-0.2, 0) is 16.4 Å². The lowest BCUT2D eigenvalue weighted by Gasteiger charge is -2.23. The van der Waals surface area contributed by atoms with Gasteiger partial charge in [-0.05, 0) is 13.8 Å². The Morgan fingerprint density at radius 1 is 1.57 bits per heavy atom. The van der Waals surface area contributed by atoms with Crippen LogP contribution in [0.25, 0.3) is 0 Å². The molecule has 0 saturated carbocycles. The number of rotatable bonds is 3. The first-order chi connectivity index (χ1) is 6.24. The van der Waals surface area contributed by atoms with Gasteiger partial charge in [-0.2, -0.15) is 0 Å². The summed E-state index contributed by atoms with van der Waals surface area (Å²) in [6.45, 7) is 3.65. The Bertz CT molecular complexity index is 420. The second-order valence-corrected chi connectivity index (χ2v) is 6.59. The van der Waals surface area contributed by atoms with Gasteiger partial charge in [-0.3, -0.25) is 0 Å². The fourth-order valence-corrected chi connectivity index (χ4v) is 1.38. The van der Waals surface area contributed by atoms with Crippen molar-refractivity contribution in [2.45, 2.75) is 25.1 Å². The maximum absolute atomic E-state index is 11.4. The molecule has 0 fully saturated rings. The molecule has 0 aromatic carbocycles. The number of nitrogen functional groups attached to an aromatic ring is 1. The van der Waals surface area contributed by atoms with Crippen molar-refractivity contribution < 1.29 is 8.42 Å². The molecule has 0 aliphatic carbocycles. The summed E-state index contributed by atoms with van der Waals surface area (Å²) in [5.74, 6) is 0.335. The molecule has 0 amide bonds. The molecule has 6 heteroatoms. The molecular formula is C8H15N3O2S. The van der Waals surface area contributed by atoms with Crippen molar-refractivity contribution in [3.8, 4) is 0 Å². The van der Waals surface area contributed by atoms with E-state index in [9.17, 15) is 8.42 Å². The average molecular weight is 217 g/mol. The quantitative estimate of drug-likeness (QED) is 0.789. The minimum Gasteiger partial charge on any atom is -0.369 e. The van der Waals surface area contributed by atoms with Gasteiger partial charge in [0.25, 0.3) is 0 Å². The predicted octanol–water partition coefficient (Wildman–Crippen LogP) is 0.289. The van der Waals surface area contributed by atoms with E-state index >= 15 is 0 Å². The van der Waals surface area contributed by atoms with E-state index in [0.29, 0.717) is 12.5 Å². The van der Waals surface area contributed by atoms with Crippen LogP contribution in [0, 0.1) is 0 Å². The number of sulfone groups is 1. The highest BCUT2D eigenvalue weighted by Gasteiger charge is 2.30. The Balaban J connectivity index is 2.95. The van der Waals surface area contributed by atoms with Gasteiger partial charge in [0.05, 0.1) is 4.75 Å². The molecule has 0 saturated heterocycles. The molecule has 0 atom stereocenters. The van der Waals surface area contributed by atoms with E-state index in [4.69, 9.17) is 5.73 Å². The number of aromatic nitrogens is 2. The van der Waals surface area contributed by atoms with Crippen LogP contribution in [0.5, 0.6) is 0 Å². The molecule has 1 aromatic heterocycles. The zero-order valence-corrected chi connectivity index (χ0v) is 9.37. The lowest BCUT2D eigenvalue weighted by atomic mass is 10.2. The summed E-state index contributed by atoms with van der Waals surface area (Å²) in [6, 6.07) is 0. The summed E-state index contributed by atoms with van der Waals surface area (Å²) < 4.78 is 23.6. The lowest BCUT2D eigenvalue weighted by molar-refractivity contribution is 0.505. The van der Waals surface area contributed by atoms with Crippen LogP contribution in [0.1, 0.15) is 13.8 Å². The van der Waals surface area contributed by atoms with Crippen molar-refractivity contribution in [2.24, 2.45) is 0 Å². The zero-order chi connectivity index (χ0) is 11.0. The van der Waals surface area contributed by atoms with E-state index in [1.165, 1.54) is 6.26 Å². The van der Waals surface area contributed by atoms with Crippen LogP contribution >= 0.6 is 0 Å². The van der Waals surface area contributed by atoms with Gasteiger partial charge in [-0.1, -0.05) is 0 Å². The third kappa shape index (κ3) is 2.06. The van der Waals surface area contributed by atoms with Gasteiger partial charge in [-0.25, -0.2) is 13.4 Å². The SMILES string of the molecule is CC(C)(Cn1ccnc1N)S(C)(=O)=O. The fraction of sp³-hybridized carbons (Fsp3) is 0.625. The summed E-state index contributed by atoms with van der Waals surface area (Å²) in [7, 11) is -3.10. The molecule has 0 bridgehead atoms. The Kier molecular flexibility index (Phi) is 2.58. The molecule has 0 aliphatic heterocycles. The molecule has 80 valence electrons. The number of anilines is 1. The third-order valence-corrected chi connectivity index (χ3v) is 4.44. The Morgan fingerprint density at radius 2 is 2.14 bits per heavy atom. The van der Waals surface area contributed by atoms with Gasteiger partial charge in [-0.15, -0.1) is 0 Å². The van der Waals surface area contributed by atoms with Crippen LogP contribution in [0.2, 0.25) is 0 Å². The van der Waals surface area contributed by atoms with E-state index in [0.717, 1.165) is 0 Å². The summed E-state index contributed by atoms with van der Waals surface area (Å²) in [5, 5.41) is 0. The molecule has 0 spiro atoms.